The highest BCUT2D eigenvalue weighted by molar-refractivity contribution is 6.33. The monoisotopic (exact) mass is 514 g/mol. The van der Waals surface area contributed by atoms with E-state index in [0.29, 0.717) is 33.6 Å². The first kappa shape index (κ1) is 24.7. The van der Waals surface area contributed by atoms with Crippen molar-refractivity contribution in [2.24, 2.45) is 12.8 Å². The molecule has 36 heavy (non-hydrogen) atoms. The highest BCUT2D eigenvalue weighted by Gasteiger charge is 2.32. The number of aromatic nitrogens is 5. The van der Waals surface area contributed by atoms with Crippen LogP contribution in [0.25, 0.3) is 22.5 Å². The number of amides is 1. The van der Waals surface area contributed by atoms with Gasteiger partial charge in [0.25, 0.3) is 5.91 Å². The lowest BCUT2D eigenvalue weighted by Crippen LogP contribution is -2.24. The van der Waals surface area contributed by atoms with E-state index in [-0.39, 0.29) is 11.4 Å². The molecule has 0 radical (unpaired) electrons. The molecule has 0 aliphatic carbocycles. The van der Waals surface area contributed by atoms with Gasteiger partial charge in [0.1, 0.15) is 17.4 Å². The molecule has 0 aliphatic rings. The number of nitrogens with zero attached hydrogens (tertiary/aromatic N) is 5. The summed E-state index contributed by atoms with van der Waals surface area (Å²) in [6.07, 6.45) is 0.324. The van der Waals surface area contributed by atoms with E-state index in [0.717, 1.165) is 4.68 Å². The minimum Gasteiger partial charge on any atom is -0.395 e. The van der Waals surface area contributed by atoms with Crippen LogP contribution in [0.3, 0.4) is 0 Å². The molecule has 13 heteroatoms. The van der Waals surface area contributed by atoms with Crippen LogP contribution >= 0.6 is 11.6 Å². The molecule has 0 fully saturated rings. The van der Waals surface area contributed by atoms with Crippen molar-refractivity contribution in [1.82, 2.24) is 24.5 Å². The molecule has 1 aromatic carbocycles. The van der Waals surface area contributed by atoms with Crippen LogP contribution < -0.4 is 11.1 Å². The largest absolute Gasteiger partial charge is 0.430 e. The van der Waals surface area contributed by atoms with Gasteiger partial charge < -0.3 is 11.1 Å². The van der Waals surface area contributed by atoms with Gasteiger partial charge in [-0.05, 0) is 36.4 Å². The Bertz CT molecular complexity index is 1470. The quantitative estimate of drug-likeness (QED) is 0.267. The molecule has 0 aliphatic heterocycles. The first-order valence-electron chi connectivity index (χ1n) is 10.3. The molecule has 0 spiro atoms. The van der Waals surface area contributed by atoms with E-state index in [4.69, 9.17) is 22.7 Å². The third-order valence-corrected chi connectivity index (χ3v) is 5.32. The Hall–Kier alpha value is -4.45. The lowest BCUT2D eigenvalue weighted by molar-refractivity contribution is -0.0925. The molecule has 0 unspecified atom stereocenters. The van der Waals surface area contributed by atoms with Crippen molar-refractivity contribution >= 4 is 29.2 Å². The molecule has 4 rings (SSSR count). The van der Waals surface area contributed by atoms with Crippen LogP contribution in [0.2, 0.25) is 5.02 Å². The Balaban J connectivity index is 1.71. The van der Waals surface area contributed by atoms with Crippen molar-refractivity contribution in [3.05, 3.63) is 83.4 Å². The zero-order valence-electron chi connectivity index (χ0n) is 18.6. The number of hydrogen-bond donors (Lipinski definition) is 3. The van der Waals surface area contributed by atoms with E-state index in [1.165, 1.54) is 36.7 Å². The van der Waals surface area contributed by atoms with Gasteiger partial charge in [-0.15, -0.1) is 0 Å². The Labute approximate surface area is 207 Å². The number of halogens is 4. The molecule has 1 amide bonds. The minimum atomic E-state index is -4.83. The predicted octanol–water partition coefficient (Wildman–Crippen LogP) is 4.48. The van der Waals surface area contributed by atoms with E-state index in [2.05, 4.69) is 20.5 Å². The summed E-state index contributed by atoms with van der Waals surface area (Å²) >= 11 is 6.29. The fourth-order valence-corrected chi connectivity index (χ4v) is 3.43. The number of alkyl halides is 3. The van der Waals surface area contributed by atoms with Crippen LogP contribution in [0.1, 0.15) is 10.4 Å². The highest BCUT2D eigenvalue weighted by Crippen LogP contribution is 2.29. The standard InChI is InChI=1S/C23H18ClF3N8O/c1-34-9-6-17(32-34)15-10-14(2-3-16(15)24)22(36)31-21-11-18(13-4-7-30-8-5-13)33-35(21)20(29)12-19(28)23(25,26)27/h2-12,29H,28H2,1H3,(H,31,36). The highest BCUT2D eigenvalue weighted by atomic mass is 35.5. The van der Waals surface area contributed by atoms with Crippen molar-refractivity contribution in [2.75, 3.05) is 5.32 Å². The van der Waals surface area contributed by atoms with Crippen LogP contribution in [0.5, 0.6) is 0 Å². The first-order chi connectivity index (χ1) is 17.0. The zero-order chi connectivity index (χ0) is 26.0. The SMILES string of the molecule is Cn1ccc(-c2cc(C(=O)Nc3cc(-c4ccncc4)nn3C(=N)C=C(N)C(F)(F)F)ccc2Cl)n1. The molecular formula is C23H18ClF3N8O. The summed E-state index contributed by atoms with van der Waals surface area (Å²) in [5, 5.41) is 19.6. The van der Waals surface area contributed by atoms with Crippen molar-refractivity contribution < 1.29 is 18.0 Å². The first-order valence-corrected chi connectivity index (χ1v) is 10.7. The molecule has 184 valence electrons. The molecule has 0 bridgehead atoms. The smallest absolute Gasteiger partial charge is 0.395 e. The summed E-state index contributed by atoms with van der Waals surface area (Å²) in [6.45, 7) is 0. The number of hydrogen-bond acceptors (Lipinski definition) is 6. The van der Waals surface area contributed by atoms with Crippen LogP contribution in [-0.4, -0.2) is 42.5 Å². The average Bonchev–Trinajstić information content (AvgIpc) is 3.45. The summed E-state index contributed by atoms with van der Waals surface area (Å²) in [6, 6.07) is 11.0. The Morgan fingerprint density at radius 3 is 2.47 bits per heavy atom. The number of carbonyl (C=O) groups excluding carboxylic acids is 1. The minimum absolute atomic E-state index is 0.0441. The van der Waals surface area contributed by atoms with Gasteiger partial charge in [0, 0.05) is 54.5 Å². The summed E-state index contributed by atoms with van der Waals surface area (Å²) in [7, 11) is 1.74. The maximum atomic E-state index is 13.1. The van der Waals surface area contributed by atoms with Gasteiger partial charge in [-0.2, -0.15) is 28.1 Å². The van der Waals surface area contributed by atoms with E-state index in [9.17, 15) is 18.0 Å². The number of anilines is 1. The van der Waals surface area contributed by atoms with Gasteiger partial charge in [-0.25, -0.2) is 0 Å². The number of rotatable bonds is 5. The van der Waals surface area contributed by atoms with E-state index >= 15 is 0 Å². The molecule has 3 aromatic heterocycles. The molecular weight excluding hydrogens is 497 g/mol. The Kier molecular flexibility index (Phi) is 6.62. The molecule has 0 atom stereocenters. The van der Waals surface area contributed by atoms with E-state index in [1.54, 1.807) is 36.1 Å². The van der Waals surface area contributed by atoms with Crippen LogP contribution in [-0.2, 0) is 7.05 Å². The molecule has 0 saturated heterocycles. The van der Waals surface area contributed by atoms with Crippen LogP contribution in [0.15, 0.2) is 72.8 Å². The summed E-state index contributed by atoms with van der Waals surface area (Å²) in [4.78, 5) is 17.0. The summed E-state index contributed by atoms with van der Waals surface area (Å²) in [5.74, 6) is -1.35. The normalized spacial score (nSPS) is 12.0. The second-order valence-electron chi connectivity index (χ2n) is 7.57. The molecule has 4 N–H and O–H groups in total. The average molecular weight is 515 g/mol. The molecule has 3 heterocycles. The van der Waals surface area contributed by atoms with Crippen molar-refractivity contribution in [3.63, 3.8) is 0 Å². The van der Waals surface area contributed by atoms with Crippen LogP contribution in [0, 0.1) is 5.41 Å². The van der Waals surface area contributed by atoms with Crippen LogP contribution in [0.4, 0.5) is 19.0 Å². The number of aryl methyl sites for hydroxylation is 1. The van der Waals surface area contributed by atoms with Gasteiger partial charge in [-0.3, -0.25) is 19.9 Å². The second kappa shape index (κ2) is 9.66. The van der Waals surface area contributed by atoms with E-state index < -0.39 is 23.6 Å². The fourth-order valence-electron chi connectivity index (χ4n) is 3.22. The van der Waals surface area contributed by atoms with Gasteiger partial charge in [0.15, 0.2) is 0 Å². The van der Waals surface area contributed by atoms with Crippen molar-refractivity contribution in [2.45, 2.75) is 6.18 Å². The maximum absolute atomic E-state index is 13.1. The second-order valence-corrected chi connectivity index (χ2v) is 7.98. The summed E-state index contributed by atoms with van der Waals surface area (Å²) < 4.78 is 41.2. The predicted molar refractivity (Wildman–Crippen MR) is 129 cm³/mol. The lowest BCUT2D eigenvalue weighted by Gasteiger charge is -2.11. The van der Waals surface area contributed by atoms with Gasteiger partial charge in [0.05, 0.1) is 16.4 Å². The molecule has 0 saturated carbocycles. The maximum Gasteiger partial charge on any atom is 0.430 e. The summed E-state index contributed by atoms with van der Waals surface area (Å²) in [5.41, 5.74) is 5.73. The Morgan fingerprint density at radius 2 is 1.83 bits per heavy atom. The lowest BCUT2D eigenvalue weighted by atomic mass is 10.1. The third kappa shape index (κ3) is 5.28. The number of allylic oxidation sites excluding steroid dienone is 2. The Morgan fingerprint density at radius 1 is 1.11 bits per heavy atom. The number of carbonyl (C=O) groups is 1. The number of nitrogens with one attached hydrogen (secondary N) is 2. The molecule has 9 nitrogen and oxygen atoms in total. The van der Waals surface area contributed by atoms with Crippen molar-refractivity contribution in [1.29, 1.82) is 5.41 Å². The molecule has 4 aromatic rings. The number of pyridine rings is 1. The zero-order valence-corrected chi connectivity index (χ0v) is 19.3. The number of nitrogens with two attached hydrogens (primary N) is 1. The van der Waals surface area contributed by atoms with Gasteiger partial charge in [0.2, 0.25) is 0 Å². The topological polar surface area (TPSA) is 128 Å². The van der Waals surface area contributed by atoms with Gasteiger partial charge >= 0.3 is 6.18 Å². The fraction of sp³-hybridized carbons (Fsp3) is 0.0870. The van der Waals surface area contributed by atoms with E-state index in [1.807, 2.05) is 0 Å². The van der Waals surface area contributed by atoms with Gasteiger partial charge in [-0.1, -0.05) is 11.6 Å². The number of benzene rings is 1. The van der Waals surface area contributed by atoms with Crippen molar-refractivity contribution in [3.8, 4) is 22.5 Å². The third-order valence-electron chi connectivity index (χ3n) is 4.99.